The summed E-state index contributed by atoms with van der Waals surface area (Å²) in [4.78, 5) is 11.7. The van der Waals surface area contributed by atoms with E-state index in [9.17, 15) is 13.2 Å². The number of hydrazone groups is 1. The molecular weight excluding hydrogens is 421 g/mol. The van der Waals surface area contributed by atoms with E-state index in [1.807, 2.05) is 0 Å². The largest absolute Gasteiger partial charge is 0.272 e. The van der Waals surface area contributed by atoms with Gasteiger partial charge in [-0.25, -0.2) is 13.8 Å². The van der Waals surface area contributed by atoms with Gasteiger partial charge in [0.1, 0.15) is 4.90 Å². The van der Waals surface area contributed by atoms with Crippen molar-refractivity contribution < 1.29 is 13.2 Å². The van der Waals surface area contributed by atoms with E-state index in [2.05, 4.69) is 10.5 Å². The van der Waals surface area contributed by atoms with E-state index in [-0.39, 0.29) is 14.9 Å². The van der Waals surface area contributed by atoms with Crippen molar-refractivity contribution in [2.45, 2.75) is 4.90 Å². The van der Waals surface area contributed by atoms with Gasteiger partial charge < -0.3 is 0 Å². The summed E-state index contributed by atoms with van der Waals surface area (Å²) in [6.07, 6.45) is 1.41. The first-order valence-corrected chi connectivity index (χ1v) is 9.76. The maximum atomic E-state index is 12.5. The molecule has 0 aliphatic rings. The van der Waals surface area contributed by atoms with Crippen LogP contribution in [0.4, 0.5) is 0 Å². The molecule has 0 unspecified atom stereocenters. The lowest BCUT2D eigenvalue weighted by molar-refractivity contribution is -0.121. The molecule has 26 heavy (non-hydrogen) atoms. The summed E-state index contributed by atoms with van der Waals surface area (Å²) in [5.41, 5.74) is 2.98. The van der Waals surface area contributed by atoms with E-state index in [0.29, 0.717) is 5.02 Å². The number of halogens is 3. The molecule has 0 saturated carbocycles. The van der Waals surface area contributed by atoms with Crippen molar-refractivity contribution in [1.82, 2.24) is 9.73 Å². The SMILES string of the molecule is CN(CC(=O)N/N=C\c1ccc(Cl)cc1)S(=O)(=O)c1cc(Cl)ccc1Cl. The maximum Gasteiger partial charge on any atom is 0.255 e. The Hall–Kier alpha value is -1.64. The van der Waals surface area contributed by atoms with Gasteiger partial charge in [-0.3, -0.25) is 4.79 Å². The molecule has 6 nitrogen and oxygen atoms in total. The Morgan fingerprint density at radius 2 is 1.73 bits per heavy atom. The van der Waals surface area contributed by atoms with Crippen molar-refractivity contribution in [3.05, 3.63) is 63.1 Å². The van der Waals surface area contributed by atoms with E-state index in [4.69, 9.17) is 34.8 Å². The summed E-state index contributed by atoms with van der Waals surface area (Å²) in [5.74, 6) is -0.612. The molecule has 10 heteroatoms. The zero-order valence-corrected chi connectivity index (χ0v) is 16.6. The molecular formula is C16H14Cl3N3O3S. The van der Waals surface area contributed by atoms with Gasteiger partial charge in [0, 0.05) is 17.1 Å². The van der Waals surface area contributed by atoms with Crippen LogP contribution < -0.4 is 5.43 Å². The van der Waals surface area contributed by atoms with Gasteiger partial charge in [-0.05, 0) is 35.9 Å². The van der Waals surface area contributed by atoms with Crippen LogP contribution in [0.1, 0.15) is 5.56 Å². The second kappa shape index (κ2) is 8.83. The number of benzene rings is 2. The Labute approximate surface area is 166 Å². The third-order valence-corrected chi connectivity index (χ3v) is 5.99. The molecule has 0 bridgehead atoms. The minimum atomic E-state index is -3.98. The van der Waals surface area contributed by atoms with E-state index in [1.165, 1.54) is 31.5 Å². The van der Waals surface area contributed by atoms with Gasteiger partial charge in [0.25, 0.3) is 5.91 Å². The fourth-order valence-corrected chi connectivity index (χ4v) is 3.88. The molecule has 0 aromatic heterocycles. The molecule has 2 aromatic carbocycles. The van der Waals surface area contributed by atoms with Crippen LogP contribution in [0.5, 0.6) is 0 Å². The number of rotatable bonds is 6. The fourth-order valence-electron chi connectivity index (χ4n) is 1.89. The number of carbonyl (C=O) groups excluding carboxylic acids is 1. The van der Waals surface area contributed by atoms with Crippen molar-refractivity contribution in [3.8, 4) is 0 Å². The average molecular weight is 435 g/mol. The Kier molecular flexibility index (Phi) is 7.02. The molecule has 0 aliphatic heterocycles. The summed E-state index contributed by atoms with van der Waals surface area (Å²) in [7, 11) is -2.72. The van der Waals surface area contributed by atoms with Crippen molar-refractivity contribution >= 4 is 56.9 Å². The van der Waals surface area contributed by atoms with Crippen molar-refractivity contribution in [1.29, 1.82) is 0 Å². The van der Waals surface area contributed by atoms with Crippen molar-refractivity contribution in [2.24, 2.45) is 5.10 Å². The van der Waals surface area contributed by atoms with Crippen molar-refractivity contribution in [3.63, 3.8) is 0 Å². The highest BCUT2D eigenvalue weighted by Crippen LogP contribution is 2.27. The minimum absolute atomic E-state index is 0.0161. The Bertz CT molecular complexity index is 932. The molecule has 2 aromatic rings. The van der Waals surface area contributed by atoms with Crippen LogP contribution >= 0.6 is 34.8 Å². The molecule has 0 saturated heterocycles. The second-order valence-electron chi connectivity index (χ2n) is 5.18. The lowest BCUT2D eigenvalue weighted by Crippen LogP contribution is -2.36. The van der Waals surface area contributed by atoms with Gasteiger partial charge >= 0.3 is 0 Å². The van der Waals surface area contributed by atoms with Crippen LogP contribution in [0.3, 0.4) is 0 Å². The zero-order chi connectivity index (χ0) is 19.3. The van der Waals surface area contributed by atoms with Crippen LogP contribution in [0, 0.1) is 0 Å². The van der Waals surface area contributed by atoms with Crippen molar-refractivity contribution in [2.75, 3.05) is 13.6 Å². The highest BCUT2D eigenvalue weighted by molar-refractivity contribution is 7.89. The molecule has 0 radical (unpaired) electrons. The van der Waals surface area contributed by atoms with E-state index in [1.54, 1.807) is 24.3 Å². The summed E-state index contributed by atoms with van der Waals surface area (Å²) < 4.78 is 25.9. The predicted octanol–water partition coefficient (Wildman–Crippen LogP) is 3.42. The summed E-state index contributed by atoms with van der Waals surface area (Å²) in [6.45, 7) is -0.441. The molecule has 0 spiro atoms. The number of sulfonamides is 1. The number of carbonyl (C=O) groups is 1. The van der Waals surface area contributed by atoms with Crippen LogP contribution in [0.2, 0.25) is 15.1 Å². The predicted molar refractivity (Wildman–Crippen MR) is 103 cm³/mol. The van der Waals surface area contributed by atoms with Crippen LogP contribution in [-0.2, 0) is 14.8 Å². The standard InChI is InChI=1S/C16H14Cl3N3O3S/c1-22(26(24,25)15-8-13(18)6-7-14(15)19)10-16(23)21-20-9-11-2-4-12(17)5-3-11/h2-9H,10H2,1H3,(H,21,23)/b20-9-. The minimum Gasteiger partial charge on any atom is -0.272 e. The summed E-state index contributed by atoms with van der Waals surface area (Å²) in [6, 6.07) is 10.9. The van der Waals surface area contributed by atoms with Crippen LogP contribution in [-0.4, -0.2) is 38.4 Å². The average Bonchev–Trinajstić information content (AvgIpc) is 2.58. The topological polar surface area (TPSA) is 78.8 Å². The number of nitrogens with zero attached hydrogens (tertiary/aromatic N) is 2. The van der Waals surface area contributed by atoms with Gasteiger partial charge in [-0.15, -0.1) is 0 Å². The van der Waals surface area contributed by atoms with Gasteiger partial charge in [0.15, 0.2) is 0 Å². The van der Waals surface area contributed by atoms with Crippen LogP contribution in [0.25, 0.3) is 0 Å². The molecule has 0 heterocycles. The molecule has 0 atom stereocenters. The maximum absolute atomic E-state index is 12.5. The number of hydrogen-bond acceptors (Lipinski definition) is 4. The first-order valence-electron chi connectivity index (χ1n) is 7.19. The zero-order valence-electron chi connectivity index (χ0n) is 13.5. The quantitative estimate of drug-likeness (QED) is 0.559. The molecule has 0 fully saturated rings. The van der Waals surface area contributed by atoms with E-state index in [0.717, 1.165) is 9.87 Å². The number of nitrogens with one attached hydrogen (secondary N) is 1. The Morgan fingerprint density at radius 3 is 2.38 bits per heavy atom. The smallest absolute Gasteiger partial charge is 0.255 e. The van der Waals surface area contributed by atoms with Gasteiger partial charge in [-0.1, -0.05) is 46.9 Å². The number of likely N-dealkylation sites (N-methyl/N-ethyl adjacent to an activating group) is 1. The van der Waals surface area contributed by atoms with Gasteiger partial charge in [-0.2, -0.15) is 9.41 Å². The van der Waals surface area contributed by atoms with E-state index >= 15 is 0 Å². The Morgan fingerprint density at radius 1 is 1.12 bits per heavy atom. The third-order valence-electron chi connectivity index (χ3n) is 3.22. The normalized spacial score (nSPS) is 11.9. The molecule has 1 amide bonds. The van der Waals surface area contributed by atoms with Gasteiger partial charge in [0.2, 0.25) is 10.0 Å². The highest BCUT2D eigenvalue weighted by atomic mass is 35.5. The fraction of sp³-hybridized carbons (Fsp3) is 0.125. The number of hydrogen-bond donors (Lipinski definition) is 1. The first-order chi connectivity index (χ1) is 12.2. The number of amides is 1. The highest BCUT2D eigenvalue weighted by Gasteiger charge is 2.25. The lowest BCUT2D eigenvalue weighted by atomic mass is 10.2. The summed E-state index contributed by atoms with van der Waals surface area (Å²) >= 11 is 17.5. The van der Waals surface area contributed by atoms with Crippen LogP contribution in [0.15, 0.2) is 52.5 Å². The monoisotopic (exact) mass is 433 g/mol. The lowest BCUT2D eigenvalue weighted by Gasteiger charge is -2.17. The molecule has 0 aliphatic carbocycles. The third kappa shape index (κ3) is 5.43. The molecule has 138 valence electrons. The summed E-state index contributed by atoms with van der Waals surface area (Å²) in [5, 5.41) is 4.59. The molecule has 2 rings (SSSR count). The first kappa shape index (κ1) is 20.7. The second-order valence-corrected chi connectivity index (χ2v) is 8.47. The molecule has 1 N–H and O–H groups in total. The van der Waals surface area contributed by atoms with E-state index < -0.39 is 22.5 Å². The van der Waals surface area contributed by atoms with Gasteiger partial charge in [0.05, 0.1) is 17.8 Å². The Balaban J connectivity index is 2.01.